The number of ether oxygens (including phenoxy) is 1. The van der Waals surface area contributed by atoms with Gasteiger partial charge in [0.2, 0.25) is 0 Å². The maximum Gasteiger partial charge on any atom is 0.341 e. The summed E-state index contributed by atoms with van der Waals surface area (Å²) in [5, 5.41) is 7.52. The van der Waals surface area contributed by atoms with Crippen LogP contribution in [0.1, 0.15) is 53.4 Å². The first-order chi connectivity index (χ1) is 17.8. The van der Waals surface area contributed by atoms with Gasteiger partial charge in [-0.15, -0.1) is 0 Å². The zero-order valence-electron chi connectivity index (χ0n) is 22.1. The molecule has 204 valence electrons. The molecule has 1 unspecified atom stereocenters. The number of methoxy groups -OCH3 is 1. The highest BCUT2D eigenvalue weighted by atomic mass is 35.5. The number of nitrogens with one attached hydrogen (secondary N) is 2. The van der Waals surface area contributed by atoms with Gasteiger partial charge >= 0.3 is 6.03 Å². The summed E-state index contributed by atoms with van der Waals surface area (Å²) in [7, 11) is 1.59. The quantitative estimate of drug-likeness (QED) is 0.233. The van der Waals surface area contributed by atoms with Crippen molar-refractivity contribution in [2.75, 3.05) is 40.0 Å². The second kappa shape index (κ2) is 14.6. The van der Waals surface area contributed by atoms with Crippen LogP contribution in [0.15, 0.2) is 22.9 Å². The summed E-state index contributed by atoms with van der Waals surface area (Å²) in [6.07, 6.45) is 2.59. The van der Waals surface area contributed by atoms with Crippen molar-refractivity contribution in [1.29, 1.82) is 0 Å². The average Bonchev–Trinajstić information content (AvgIpc) is 3.38. The predicted octanol–water partition coefficient (Wildman–Crippen LogP) is 4.18. The third kappa shape index (κ3) is 8.65. The monoisotopic (exact) mass is 551 g/mol. The molecule has 3 heterocycles. The zero-order chi connectivity index (χ0) is 26.8. The fourth-order valence-electron chi connectivity index (χ4n) is 4.67. The highest BCUT2D eigenvalue weighted by molar-refractivity contribution is 7.07. The molecule has 1 aliphatic rings. The van der Waals surface area contributed by atoms with E-state index < -0.39 is 0 Å². The van der Waals surface area contributed by atoms with Crippen LogP contribution >= 0.6 is 22.9 Å². The number of thiophene rings is 1. The van der Waals surface area contributed by atoms with Crippen LogP contribution in [0.25, 0.3) is 0 Å². The Morgan fingerprint density at radius 3 is 2.70 bits per heavy atom. The normalized spacial score (nSPS) is 15.4. The fraction of sp³-hybridized carbons (Fsp3) is 0.577. The van der Waals surface area contributed by atoms with Crippen LogP contribution in [0.2, 0.25) is 5.15 Å². The molecule has 1 saturated heterocycles. The minimum absolute atomic E-state index is 0.118. The predicted molar refractivity (Wildman–Crippen MR) is 146 cm³/mol. The number of pyridine rings is 1. The highest BCUT2D eigenvalue weighted by Crippen LogP contribution is 2.22. The summed E-state index contributed by atoms with van der Waals surface area (Å²) < 4.78 is 4.97. The van der Waals surface area contributed by atoms with Crippen molar-refractivity contribution >= 4 is 34.9 Å². The van der Waals surface area contributed by atoms with Crippen LogP contribution < -0.4 is 10.8 Å². The number of hydrogen-bond acceptors (Lipinski definition) is 7. The van der Waals surface area contributed by atoms with Crippen molar-refractivity contribution in [3.63, 3.8) is 0 Å². The molecule has 2 aromatic heterocycles. The van der Waals surface area contributed by atoms with Gasteiger partial charge in [-0.3, -0.25) is 9.63 Å². The summed E-state index contributed by atoms with van der Waals surface area (Å²) in [4.78, 5) is 39.4. The lowest BCUT2D eigenvalue weighted by Crippen LogP contribution is -2.51. The van der Waals surface area contributed by atoms with Crippen molar-refractivity contribution in [2.24, 2.45) is 0 Å². The lowest BCUT2D eigenvalue weighted by atomic mass is 10.0. The molecule has 0 aliphatic carbocycles. The number of aromatic nitrogens is 1. The van der Waals surface area contributed by atoms with Gasteiger partial charge in [-0.25, -0.2) is 15.3 Å². The van der Waals surface area contributed by atoms with Gasteiger partial charge in [0.25, 0.3) is 5.91 Å². The van der Waals surface area contributed by atoms with Gasteiger partial charge in [0.05, 0.1) is 24.5 Å². The zero-order valence-corrected chi connectivity index (χ0v) is 23.7. The molecular formula is C26H38ClN5O4S. The van der Waals surface area contributed by atoms with Crippen molar-refractivity contribution in [2.45, 2.75) is 58.7 Å². The molecule has 0 bridgehead atoms. The Morgan fingerprint density at radius 2 is 2.05 bits per heavy atom. The Balaban J connectivity index is 1.48. The number of amides is 3. The second-order valence-corrected chi connectivity index (χ2v) is 10.6. The molecule has 0 radical (unpaired) electrons. The van der Waals surface area contributed by atoms with Gasteiger partial charge in [-0.05, 0) is 74.1 Å². The van der Waals surface area contributed by atoms with Crippen molar-refractivity contribution < 1.29 is 19.2 Å². The molecular weight excluding hydrogens is 514 g/mol. The lowest BCUT2D eigenvalue weighted by molar-refractivity contribution is 0.00769. The topological polar surface area (TPSA) is 96.0 Å². The van der Waals surface area contributed by atoms with E-state index >= 15 is 0 Å². The van der Waals surface area contributed by atoms with Gasteiger partial charge < -0.3 is 19.9 Å². The van der Waals surface area contributed by atoms with Crippen LogP contribution in [-0.2, 0) is 16.1 Å². The van der Waals surface area contributed by atoms with E-state index in [0.717, 1.165) is 43.5 Å². The van der Waals surface area contributed by atoms with Gasteiger partial charge in [0, 0.05) is 45.4 Å². The van der Waals surface area contributed by atoms with Crippen LogP contribution in [0, 0.1) is 13.8 Å². The first-order valence-corrected chi connectivity index (χ1v) is 14.0. The van der Waals surface area contributed by atoms with E-state index in [0.29, 0.717) is 48.8 Å². The van der Waals surface area contributed by atoms with E-state index in [4.69, 9.17) is 21.2 Å². The number of rotatable bonds is 12. The smallest absolute Gasteiger partial charge is 0.341 e. The molecule has 11 heteroatoms. The Bertz CT molecular complexity index is 991. The Labute approximate surface area is 228 Å². The Morgan fingerprint density at radius 1 is 1.30 bits per heavy atom. The standard InChI is InChI=1S/C26H38ClN5O4S/c1-18-15-23(27)29-20(3)24(18)25(33)28-9-5-19(2)31-10-6-22(7-11-31)32(16-21-8-14-37-17-21)26(34)30-36-13-12-35-4/h8,14-15,17,19,22H,5-7,9-13,16H2,1-4H3,(H,28,33)(H,30,34). The highest BCUT2D eigenvalue weighted by Gasteiger charge is 2.30. The van der Waals surface area contributed by atoms with Gasteiger partial charge in [0.15, 0.2) is 0 Å². The third-order valence-corrected chi connectivity index (χ3v) is 7.67. The first-order valence-electron chi connectivity index (χ1n) is 12.6. The molecule has 37 heavy (non-hydrogen) atoms. The number of nitrogens with zero attached hydrogens (tertiary/aromatic N) is 3. The summed E-state index contributed by atoms with van der Waals surface area (Å²) >= 11 is 7.62. The molecule has 2 N–H and O–H groups in total. The second-order valence-electron chi connectivity index (χ2n) is 9.39. The van der Waals surface area contributed by atoms with Crippen LogP contribution in [0.5, 0.6) is 0 Å². The molecule has 0 aromatic carbocycles. The van der Waals surface area contributed by atoms with Crippen LogP contribution in [0.4, 0.5) is 4.79 Å². The van der Waals surface area contributed by atoms with E-state index in [1.54, 1.807) is 31.4 Å². The van der Waals surface area contributed by atoms with Crippen molar-refractivity contribution in [1.82, 2.24) is 25.6 Å². The Hall–Kier alpha value is -2.24. The Kier molecular flexibility index (Phi) is 11.6. The number of urea groups is 1. The van der Waals surface area contributed by atoms with E-state index in [1.165, 1.54) is 0 Å². The van der Waals surface area contributed by atoms with Crippen molar-refractivity contribution in [3.8, 4) is 0 Å². The largest absolute Gasteiger partial charge is 0.382 e. The number of carbonyl (C=O) groups excluding carboxylic acids is 2. The molecule has 1 fully saturated rings. The fourth-order valence-corrected chi connectivity index (χ4v) is 5.62. The number of carbonyl (C=O) groups is 2. The number of piperidine rings is 1. The number of aryl methyl sites for hydroxylation is 2. The minimum Gasteiger partial charge on any atom is -0.382 e. The summed E-state index contributed by atoms with van der Waals surface area (Å²) in [5.41, 5.74) is 5.74. The van der Waals surface area contributed by atoms with Crippen molar-refractivity contribution in [3.05, 3.63) is 50.4 Å². The number of hydrogen-bond donors (Lipinski definition) is 2. The molecule has 3 rings (SSSR count). The number of likely N-dealkylation sites (tertiary alicyclic amines) is 1. The summed E-state index contributed by atoms with van der Waals surface area (Å²) in [6.45, 7) is 9.47. The van der Waals surface area contributed by atoms with E-state index in [-0.39, 0.29) is 18.0 Å². The molecule has 2 aromatic rings. The molecule has 1 aliphatic heterocycles. The number of halogens is 1. The maximum atomic E-state index is 12.9. The van der Waals surface area contributed by atoms with Crippen LogP contribution in [0.3, 0.4) is 0 Å². The summed E-state index contributed by atoms with van der Waals surface area (Å²) in [6, 6.07) is 3.97. The molecule has 1 atom stereocenters. The minimum atomic E-state index is -0.223. The van der Waals surface area contributed by atoms with Gasteiger partial charge in [-0.2, -0.15) is 11.3 Å². The maximum absolute atomic E-state index is 12.9. The third-order valence-electron chi connectivity index (χ3n) is 6.75. The van der Waals surface area contributed by atoms with Crippen LogP contribution in [-0.4, -0.2) is 78.8 Å². The molecule has 0 saturated carbocycles. The van der Waals surface area contributed by atoms with E-state index in [2.05, 4.69) is 33.0 Å². The van der Waals surface area contributed by atoms with E-state index in [9.17, 15) is 9.59 Å². The number of hydroxylamine groups is 1. The molecule has 0 spiro atoms. The van der Waals surface area contributed by atoms with Gasteiger partial charge in [0.1, 0.15) is 5.15 Å². The molecule has 3 amide bonds. The average molecular weight is 552 g/mol. The molecule has 9 nitrogen and oxygen atoms in total. The lowest BCUT2D eigenvalue weighted by Gasteiger charge is -2.40. The van der Waals surface area contributed by atoms with Gasteiger partial charge in [-0.1, -0.05) is 11.6 Å². The summed E-state index contributed by atoms with van der Waals surface area (Å²) in [5.74, 6) is -0.118. The first kappa shape index (κ1) is 29.3. The SMILES string of the molecule is COCCONC(=O)N(Cc1ccsc1)C1CCN(C(C)CCNC(=O)c2c(C)cc(Cl)nc2C)CC1. The van der Waals surface area contributed by atoms with E-state index in [1.807, 2.05) is 23.3 Å².